The molecule has 4 rings (SSSR count). The number of anilines is 2. The van der Waals surface area contributed by atoms with Crippen molar-refractivity contribution in [3.05, 3.63) is 76.9 Å². The second-order valence-corrected chi connectivity index (χ2v) is 12.0. The van der Waals surface area contributed by atoms with Crippen molar-refractivity contribution in [2.24, 2.45) is 5.92 Å². The summed E-state index contributed by atoms with van der Waals surface area (Å²) in [5, 5.41) is 6.20. The summed E-state index contributed by atoms with van der Waals surface area (Å²) in [7, 11) is -1.92. The molecular formula is C28H31ClN4O5S. The molecule has 2 heterocycles. The van der Waals surface area contributed by atoms with Crippen LogP contribution in [-0.2, 0) is 21.2 Å². The number of piperidine rings is 1. The van der Waals surface area contributed by atoms with E-state index in [4.69, 9.17) is 16.3 Å². The van der Waals surface area contributed by atoms with Crippen LogP contribution in [0.15, 0.2) is 65.7 Å². The number of methoxy groups -OCH3 is 1. The van der Waals surface area contributed by atoms with Crippen LogP contribution in [0.1, 0.15) is 35.2 Å². The standard InChI is InChI=1S/C28H31ClN4O5S/c1-38-23-8-6-20(7-9-23)17-30-26(34)14-19-10-12-33(13-11-19)27-25(16-24(18-31-27)39(2,36)37)32-28(35)21-4-3-5-22(29)15-21/h3-9,15-16,18-19H,10-14,17H2,1-2H3,(H,30,34)(H,32,35). The Balaban J connectivity index is 1.39. The Kier molecular flexibility index (Phi) is 9.08. The van der Waals surface area contributed by atoms with Crippen LogP contribution in [0.5, 0.6) is 5.75 Å². The van der Waals surface area contributed by atoms with Crippen LogP contribution >= 0.6 is 11.6 Å². The zero-order valence-corrected chi connectivity index (χ0v) is 23.4. The third-order valence-electron chi connectivity index (χ3n) is 6.64. The molecule has 2 aromatic carbocycles. The third kappa shape index (κ3) is 7.70. The fraction of sp³-hybridized carbons (Fsp3) is 0.321. The van der Waals surface area contributed by atoms with Gasteiger partial charge in [-0.05, 0) is 60.7 Å². The number of nitrogens with one attached hydrogen (secondary N) is 2. The summed E-state index contributed by atoms with van der Waals surface area (Å²) in [6, 6.07) is 15.5. The molecule has 1 fully saturated rings. The molecule has 39 heavy (non-hydrogen) atoms. The number of hydrogen-bond acceptors (Lipinski definition) is 7. The second-order valence-electron chi connectivity index (χ2n) is 9.54. The number of rotatable bonds is 9. The Morgan fingerprint density at radius 3 is 2.46 bits per heavy atom. The molecule has 2 N–H and O–H groups in total. The molecular weight excluding hydrogens is 540 g/mol. The summed E-state index contributed by atoms with van der Waals surface area (Å²) in [6.07, 6.45) is 4.33. The number of halogens is 1. The fourth-order valence-corrected chi connectivity index (χ4v) is 5.20. The topological polar surface area (TPSA) is 118 Å². The van der Waals surface area contributed by atoms with Crippen LogP contribution < -0.4 is 20.3 Å². The highest BCUT2D eigenvalue weighted by Crippen LogP contribution is 2.31. The number of carbonyl (C=O) groups is 2. The molecule has 0 unspecified atom stereocenters. The van der Waals surface area contributed by atoms with Gasteiger partial charge in [0.05, 0.1) is 17.7 Å². The molecule has 2 amide bonds. The van der Waals surface area contributed by atoms with Gasteiger partial charge in [0.1, 0.15) is 5.75 Å². The number of nitrogens with zero attached hydrogens (tertiary/aromatic N) is 2. The zero-order chi connectivity index (χ0) is 28.0. The molecule has 9 nitrogen and oxygen atoms in total. The quantitative estimate of drug-likeness (QED) is 0.393. The van der Waals surface area contributed by atoms with Gasteiger partial charge in [0.25, 0.3) is 5.91 Å². The molecule has 0 bridgehead atoms. The number of amides is 2. The van der Waals surface area contributed by atoms with E-state index in [2.05, 4.69) is 15.6 Å². The first-order valence-corrected chi connectivity index (χ1v) is 14.8. The van der Waals surface area contributed by atoms with E-state index >= 15 is 0 Å². The minimum absolute atomic E-state index is 0.00521. The number of pyridine rings is 1. The molecule has 0 aliphatic carbocycles. The Morgan fingerprint density at radius 2 is 1.82 bits per heavy atom. The smallest absolute Gasteiger partial charge is 0.255 e. The van der Waals surface area contributed by atoms with Crippen molar-refractivity contribution in [3.8, 4) is 5.75 Å². The molecule has 0 atom stereocenters. The maximum absolute atomic E-state index is 12.9. The Morgan fingerprint density at radius 1 is 1.10 bits per heavy atom. The number of carbonyl (C=O) groups excluding carboxylic acids is 2. The lowest BCUT2D eigenvalue weighted by Crippen LogP contribution is -2.37. The number of sulfone groups is 1. The summed E-state index contributed by atoms with van der Waals surface area (Å²) in [6.45, 7) is 1.68. The SMILES string of the molecule is COc1ccc(CNC(=O)CC2CCN(c3ncc(S(C)(=O)=O)cc3NC(=O)c3cccc(Cl)c3)CC2)cc1. The predicted molar refractivity (Wildman–Crippen MR) is 151 cm³/mol. The minimum Gasteiger partial charge on any atom is -0.497 e. The zero-order valence-electron chi connectivity index (χ0n) is 21.8. The van der Waals surface area contributed by atoms with E-state index in [0.29, 0.717) is 48.1 Å². The van der Waals surface area contributed by atoms with Crippen LogP contribution in [0.2, 0.25) is 5.02 Å². The molecule has 11 heteroatoms. The molecule has 0 spiro atoms. The summed E-state index contributed by atoms with van der Waals surface area (Å²) in [5.74, 6) is 1.03. The van der Waals surface area contributed by atoms with Crippen molar-refractivity contribution in [3.63, 3.8) is 0 Å². The first-order chi connectivity index (χ1) is 18.6. The van der Waals surface area contributed by atoms with Crippen LogP contribution in [0.3, 0.4) is 0 Å². The van der Waals surface area contributed by atoms with Gasteiger partial charge >= 0.3 is 0 Å². The van der Waals surface area contributed by atoms with E-state index in [0.717, 1.165) is 30.4 Å². The largest absolute Gasteiger partial charge is 0.497 e. The van der Waals surface area contributed by atoms with Gasteiger partial charge in [-0.1, -0.05) is 29.8 Å². The Labute approximate surface area is 233 Å². The van der Waals surface area contributed by atoms with Crippen LogP contribution in [0.25, 0.3) is 0 Å². The van der Waals surface area contributed by atoms with Crippen LogP contribution in [0, 0.1) is 5.92 Å². The van der Waals surface area contributed by atoms with Gasteiger partial charge in [-0.2, -0.15) is 0 Å². The van der Waals surface area contributed by atoms with Crippen LogP contribution in [0.4, 0.5) is 11.5 Å². The fourth-order valence-electron chi connectivity index (χ4n) is 4.44. The van der Waals surface area contributed by atoms with Gasteiger partial charge in [-0.3, -0.25) is 9.59 Å². The molecule has 1 aliphatic rings. The van der Waals surface area contributed by atoms with Gasteiger partial charge in [-0.25, -0.2) is 13.4 Å². The predicted octanol–water partition coefficient (Wildman–Crippen LogP) is 4.32. The molecule has 1 aliphatic heterocycles. The van der Waals surface area contributed by atoms with Gasteiger partial charge in [0, 0.05) is 49.1 Å². The Bertz CT molecular complexity index is 1440. The van der Waals surface area contributed by atoms with E-state index < -0.39 is 15.7 Å². The van der Waals surface area contributed by atoms with Crippen molar-refractivity contribution in [2.75, 3.05) is 36.7 Å². The van der Waals surface area contributed by atoms with Gasteiger partial charge in [0.2, 0.25) is 5.91 Å². The molecule has 1 saturated heterocycles. The maximum atomic E-state index is 12.9. The lowest BCUT2D eigenvalue weighted by molar-refractivity contribution is -0.122. The molecule has 0 radical (unpaired) electrons. The third-order valence-corrected chi connectivity index (χ3v) is 7.96. The Hall–Kier alpha value is -3.63. The maximum Gasteiger partial charge on any atom is 0.255 e. The summed E-state index contributed by atoms with van der Waals surface area (Å²) in [5.41, 5.74) is 1.64. The lowest BCUT2D eigenvalue weighted by Gasteiger charge is -2.33. The summed E-state index contributed by atoms with van der Waals surface area (Å²) < 4.78 is 29.5. The highest BCUT2D eigenvalue weighted by atomic mass is 35.5. The van der Waals surface area contributed by atoms with Crippen molar-refractivity contribution < 1.29 is 22.7 Å². The van der Waals surface area contributed by atoms with E-state index in [-0.39, 0.29) is 16.7 Å². The monoisotopic (exact) mass is 570 g/mol. The van der Waals surface area contributed by atoms with Crippen molar-refractivity contribution >= 4 is 44.8 Å². The number of hydrogen-bond donors (Lipinski definition) is 2. The van der Waals surface area contributed by atoms with E-state index in [1.165, 1.54) is 18.3 Å². The van der Waals surface area contributed by atoms with Crippen molar-refractivity contribution in [1.82, 2.24) is 10.3 Å². The average molecular weight is 571 g/mol. The van der Waals surface area contributed by atoms with Crippen molar-refractivity contribution in [1.29, 1.82) is 0 Å². The highest BCUT2D eigenvalue weighted by molar-refractivity contribution is 7.90. The van der Waals surface area contributed by atoms with Gasteiger partial charge in [0.15, 0.2) is 15.7 Å². The number of aromatic nitrogens is 1. The lowest BCUT2D eigenvalue weighted by atomic mass is 9.93. The van der Waals surface area contributed by atoms with E-state index in [1.54, 1.807) is 25.3 Å². The molecule has 1 aromatic heterocycles. The normalized spacial score (nSPS) is 14.1. The molecule has 0 saturated carbocycles. The van der Waals surface area contributed by atoms with Gasteiger partial charge in [-0.15, -0.1) is 0 Å². The minimum atomic E-state index is -3.54. The van der Waals surface area contributed by atoms with Crippen LogP contribution in [-0.4, -0.2) is 51.7 Å². The first kappa shape index (κ1) is 28.4. The molecule has 206 valence electrons. The summed E-state index contributed by atoms with van der Waals surface area (Å²) >= 11 is 6.03. The first-order valence-electron chi connectivity index (χ1n) is 12.5. The summed E-state index contributed by atoms with van der Waals surface area (Å²) in [4.78, 5) is 31.9. The van der Waals surface area contributed by atoms with Gasteiger partial charge < -0.3 is 20.3 Å². The van der Waals surface area contributed by atoms with E-state index in [9.17, 15) is 18.0 Å². The van der Waals surface area contributed by atoms with E-state index in [1.807, 2.05) is 29.2 Å². The van der Waals surface area contributed by atoms with Crippen molar-refractivity contribution in [2.45, 2.75) is 30.7 Å². The molecule has 3 aromatic rings. The highest BCUT2D eigenvalue weighted by Gasteiger charge is 2.25. The number of benzene rings is 2. The average Bonchev–Trinajstić information content (AvgIpc) is 2.92. The second kappa shape index (κ2) is 12.5. The number of ether oxygens (including phenoxy) is 1.